The number of carbonyl (C=O) groups is 1. The largest absolute Gasteiger partial charge is 0.322 e. The predicted molar refractivity (Wildman–Crippen MR) is 61.2 cm³/mol. The lowest BCUT2D eigenvalue weighted by Crippen LogP contribution is -2.11. The fourth-order valence-electron chi connectivity index (χ4n) is 1.71. The number of fused-ring (bicyclic) bond motifs is 1. The topological polar surface area (TPSA) is 46.9 Å². The Kier molecular flexibility index (Phi) is 3.00. The Bertz CT molecular complexity index is 386. The molecule has 1 amide bonds. The van der Waals surface area contributed by atoms with Crippen LogP contribution in [0.3, 0.4) is 0 Å². The Balaban J connectivity index is 2.39. The maximum atomic E-state index is 11.5. The number of nitrogens with zero attached hydrogens (tertiary/aromatic N) is 2. The van der Waals surface area contributed by atoms with E-state index in [1.54, 1.807) is 11.8 Å². The Morgan fingerprint density at radius 3 is 3.13 bits per heavy atom. The molecule has 82 valence electrons. The van der Waals surface area contributed by atoms with Crippen molar-refractivity contribution in [2.45, 2.75) is 31.2 Å². The minimum atomic E-state index is 0.103. The van der Waals surface area contributed by atoms with Crippen molar-refractivity contribution >= 4 is 23.4 Å². The van der Waals surface area contributed by atoms with Gasteiger partial charge in [-0.3, -0.25) is 9.48 Å². The molecule has 1 aromatic rings. The molecule has 1 aliphatic rings. The van der Waals surface area contributed by atoms with Crippen LogP contribution >= 0.6 is 11.8 Å². The molecule has 1 N–H and O–H groups in total. The Morgan fingerprint density at radius 2 is 2.40 bits per heavy atom. The zero-order valence-corrected chi connectivity index (χ0v) is 9.86. The number of hydrogen-bond donors (Lipinski definition) is 1. The minimum absolute atomic E-state index is 0.103. The monoisotopic (exact) mass is 225 g/mol. The number of rotatable bonds is 2. The van der Waals surface area contributed by atoms with Gasteiger partial charge in [-0.2, -0.15) is 5.10 Å². The Labute approximate surface area is 93.4 Å². The second-order valence-electron chi connectivity index (χ2n) is 3.65. The summed E-state index contributed by atoms with van der Waals surface area (Å²) in [4.78, 5) is 11.5. The number of aromatic nitrogens is 2. The Morgan fingerprint density at radius 1 is 1.60 bits per heavy atom. The zero-order valence-electron chi connectivity index (χ0n) is 9.04. The van der Waals surface area contributed by atoms with Gasteiger partial charge in [0.1, 0.15) is 5.03 Å². The van der Waals surface area contributed by atoms with Gasteiger partial charge in [0.2, 0.25) is 5.91 Å². The van der Waals surface area contributed by atoms with Crippen molar-refractivity contribution in [1.82, 2.24) is 9.78 Å². The molecular weight excluding hydrogens is 210 g/mol. The summed E-state index contributed by atoms with van der Waals surface area (Å²) in [5.41, 5.74) is 1.95. The van der Waals surface area contributed by atoms with Crippen LogP contribution in [0.4, 0.5) is 5.69 Å². The number of amides is 1. The number of aryl methyl sites for hydroxylation is 2. The van der Waals surface area contributed by atoms with Crippen LogP contribution in [0, 0.1) is 0 Å². The third-order valence-electron chi connectivity index (χ3n) is 2.39. The minimum Gasteiger partial charge on any atom is -0.322 e. The van der Waals surface area contributed by atoms with Crippen molar-refractivity contribution in [2.24, 2.45) is 7.05 Å². The molecule has 0 bridgehead atoms. The van der Waals surface area contributed by atoms with Gasteiger partial charge in [-0.05, 0) is 6.42 Å². The van der Waals surface area contributed by atoms with Gasteiger partial charge in [-0.1, -0.05) is 13.3 Å². The van der Waals surface area contributed by atoms with Gasteiger partial charge in [0.15, 0.2) is 0 Å². The van der Waals surface area contributed by atoms with E-state index < -0.39 is 0 Å². The van der Waals surface area contributed by atoms with Crippen LogP contribution in [-0.2, 0) is 18.3 Å². The van der Waals surface area contributed by atoms with Crippen LogP contribution in [0.15, 0.2) is 5.03 Å². The average Bonchev–Trinajstić information content (AvgIpc) is 2.38. The molecule has 0 aromatic carbocycles. The molecule has 5 heteroatoms. The SMILES string of the molecule is CCCc1nn(C)c2c1NC(=O)CCS2. The standard InChI is InChI=1S/C10H15N3OS/c1-3-4-7-9-10(13(2)12-7)15-6-5-8(14)11-9/h3-6H2,1-2H3,(H,11,14). The van der Waals surface area contributed by atoms with Gasteiger partial charge >= 0.3 is 0 Å². The molecule has 2 rings (SSSR count). The second kappa shape index (κ2) is 4.26. The van der Waals surface area contributed by atoms with E-state index in [2.05, 4.69) is 17.3 Å². The van der Waals surface area contributed by atoms with Crippen molar-refractivity contribution in [3.63, 3.8) is 0 Å². The quantitative estimate of drug-likeness (QED) is 0.835. The first-order valence-corrected chi connectivity index (χ1v) is 6.19. The molecule has 0 spiro atoms. The summed E-state index contributed by atoms with van der Waals surface area (Å²) in [5, 5.41) is 8.48. The normalized spacial score (nSPS) is 15.7. The van der Waals surface area contributed by atoms with Crippen LogP contribution in [-0.4, -0.2) is 21.4 Å². The highest BCUT2D eigenvalue weighted by Crippen LogP contribution is 2.33. The summed E-state index contributed by atoms with van der Waals surface area (Å²) in [6.07, 6.45) is 2.55. The van der Waals surface area contributed by atoms with Crippen LogP contribution in [0.2, 0.25) is 0 Å². The van der Waals surface area contributed by atoms with Crippen molar-refractivity contribution in [3.05, 3.63) is 5.69 Å². The highest BCUT2D eigenvalue weighted by molar-refractivity contribution is 7.99. The highest BCUT2D eigenvalue weighted by atomic mass is 32.2. The fraction of sp³-hybridized carbons (Fsp3) is 0.600. The zero-order chi connectivity index (χ0) is 10.8. The van der Waals surface area contributed by atoms with Crippen molar-refractivity contribution < 1.29 is 4.79 Å². The lowest BCUT2D eigenvalue weighted by atomic mass is 10.2. The number of hydrogen-bond acceptors (Lipinski definition) is 3. The maximum absolute atomic E-state index is 11.5. The predicted octanol–water partition coefficient (Wildman–Crippen LogP) is 1.81. The summed E-state index contributed by atoms with van der Waals surface area (Å²) in [5.74, 6) is 0.941. The first-order chi connectivity index (χ1) is 7.22. The molecule has 4 nitrogen and oxygen atoms in total. The molecule has 0 radical (unpaired) electrons. The molecule has 0 saturated carbocycles. The van der Waals surface area contributed by atoms with Gasteiger partial charge in [-0.15, -0.1) is 11.8 Å². The van der Waals surface area contributed by atoms with Gasteiger partial charge in [-0.25, -0.2) is 0 Å². The van der Waals surface area contributed by atoms with E-state index in [-0.39, 0.29) is 5.91 Å². The molecule has 1 aromatic heterocycles. The summed E-state index contributed by atoms with van der Waals surface area (Å²) >= 11 is 1.70. The summed E-state index contributed by atoms with van der Waals surface area (Å²) in [6, 6.07) is 0. The highest BCUT2D eigenvalue weighted by Gasteiger charge is 2.21. The molecular formula is C10H15N3OS. The van der Waals surface area contributed by atoms with Gasteiger partial charge in [0, 0.05) is 19.2 Å². The van der Waals surface area contributed by atoms with E-state index in [1.165, 1.54) is 0 Å². The van der Waals surface area contributed by atoms with E-state index in [4.69, 9.17) is 0 Å². The summed E-state index contributed by atoms with van der Waals surface area (Å²) in [6.45, 7) is 2.12. The van der Waals surface area contributed by atoms with E-state index in [0.717, 1.165) is 35.0 Å². The number of carbonyl (C=O) groups excluding carboxylic acids is 1. The lowest BCUT2D eigenvalue weighted by Gasteiger charge is -2.02. The molecule has 0 atom stereocenters. The second-order valence-corrected chi connectivity index (χ2v) is 4.73. The van der Waals surface area contributed by atoms with E-state index in [0.29, 0.717) is 6.42 Å². The van der Waals surface area contributed by atoms with Crippen LogP contribution in [0.1, 0.15) is 25.5 Å². The van der Waals surface area contributed by atoms with Gasteiger partial charge in [0.05, 0.1) is 11.4 Å². The first-order valence-electron chi connectivity index (χ1n) is 5.21. The van der Waals surface area contributed by atoms with Crippen molar-refractivity contribution in [2.75, 3.05) is 11.1 Å². The van der Waals surface area contributed by atoms with E-state index in [1.807, 2.05) is 11.7 Å². The maximum Gasteiger partial charge on any atom is 0.225 e. The van der Waals surface area contributed by atoms with Crippen LogP contribution < -0.4 is 5.32 Å². The molecule has 1 aliphatic heterocycles. The average molecular weight is 225 g/mol. The molecule has 2 heterocycles. The van der Waals surface area contributed by atoms with Crippen LogP contribution in [0.25, 0.3) is 0 Å². The molecule has 0 aliphatic carbocycles. The number of nitrogens with one attached hydrogen (secondary N) is 1. The van der Waals surface area contributed by atoms with Crippen molar-refractivity contribution in [3.8, 4) is 0 Å². The molecule has 15 heavy (non-hydrogen) atoms. The van der Waals surface area contributed by atoms with Crippen LogP contribution in [0.5, 0.6) is 0 Å². The molecule has 0 fully saturated rings. The number of thioether (sulfide) groups is 1. The Hall–Kier alpha value is -0.970. The summed E-state index contributed by atoms with van der Waals surface area (Å²) < 4.78 is 1.87. The molecule has 0 saturated heterocycles. The third kappa shape index (κ3) is 2.02. The van der Waals surface area contributed by atoms with Gasteiger partial charge in [0.25, 0.3) is 0 Å². The van der Waals surface area contributed by atoms with Gasteiger partial charge < -0.3 is 5.32 Å². The lowest BCUT2D eigenvalue weighted by molar-refractivity contribution is -0.115. The van der Waals surface area contributed by atoms with E-state index >= 15 is 0 Å². The smallest absolute Gasteiger partial charge is 0.225 e. The number of anilines is 1. The molecule has 0 unspecified atom stereocenters. The van der Waals surface area contributed by atoms with Crippen molar-refractivity contribution in [1.29, 1.82) is 0 Å². The third-order valence-corrected chi connectivity index (χ3v) is 3.54. The summed E-state index contributed by atoms with van der Waals surface area (Å²) in [7, 11) is 1.93. The first kappa shape index (κ1) is 10.5. The van der Waals surface area contributed by atoms with E-state index in [9.17, 15) is 4.79 Å². The fourth-order valence-corrected chi connectivity index (χ4v) is 2.73.